The van der Waals surface area contributed by atoms with Crippen molar-refractivity contribution in [1.29, 1.82) is 0 Å². The average molecular weight is 490 g/mol. The Bertz CT molecular complexity index is 1230. The number of carbonyl (C=O) groups is 2. The minimum atomic E-state index is -0.339. The summed E-state index contributed by atoms with van der Waals surface area (Å²) < 4.78 is 10.9. The Kier molecular flexibility index (Phi) is 6.23. The molecule has 2 amide bonds. The number of hydrogen-bond acceptors (Lipinski definition) is 6. The Balaban J connectivity index is 1.01. The van der Waals surface area contributed by atoms with E-state index in [2.05, 4.69) is 20.9 Å². The van der Waals surface area contributed by atoms with Crippen LogP contribution in [0.1, 0.15) is 30.7 Å². The van der Waals surface area contributed by atoms with Gasteiger partial charge in [0.25, 0.3) is 0 Å². The fourth-order valence-electron chi connectivity index (χ4n) is 5.45. The number of aromatic nitrogens is 2. The molecule has 9 nitrogen and oxygen atoms in total. The van der Waals surface area contributed by atoms with Crippen LogP contribution in [0.15, 0.2) is 42.5 Å². The number of nitrogens with one attached hydrogen (secondary N) is 1. The first-order valence-corrected chi connectivity index (χ1v) is 12.8. The van der Waals surface area contributed by atoms with E-state index in [0.29, 0.717) is 32.5 Å². The van der Waals surface area contributed by atoms with Crippen LogP contribution in [0.25, 0.3) is 11.0 Å². The Morgan fingerprint density at radius 3 is 2.69 bits per heavy atom. The molecular weight excluding hydrogens is 458 g/mol. The predicted molar refractivity (Wildman–Crippen MR) is 134 cm³/mol. The van der Waals surface area contributed by atoms with Crippen LogP contribution >= 0.6 is 0 Å². The summed E-state index contributed by atoms with van der Waals surface area (Å²) in [7, 11) is 0. The highest BCUT2D eigenvalue weighted by molar-refractivity contribution is 5.88. The smallest absolute Gasteiger partial charge is 0.245 e. The molecule has 6 rings (SSSR count). The van der Waals surface area contributed by atoms with E-state index in [4.69, 9.17) is 9.47 Å². The van der Waals surface area contributed by atoms with Crippen LogP contribution in [0.3, 0.4) is 0 Å². The molecule has 188 valence electrons. The Hall–Kier alpha value is -3.59. The van der Waals surface area contributed by atoms with E-state index in [0.717, 1.165) is 60.8 Å². The largest absolute Gasteiger partial charge is 0.454 e. The summed E-state index contributed by atoms with van der Waals surface area (Å²) in [6.45, 7) is 4.73. The number of H-pyrrole nitrogens is 1. The third-order valence-electron chi connectivity index (χ3n) is 7.40. The number of likely N-dealkylation sites (tertiary alicyclic amines) is 1. The van der Waals surface area contributed by atoms with Crippen LogP contribution in [0.4, 0.5) is 0 Å². The quantitative estimate of drug-likeness (QED) is 0.572. The summed E-state index contributed by atoms with van der Waals surface area (Å²) in [5.41, 5.74) is 3.06. The standard InChI is InChI=1S/C27H31N5O4/c33-26(10-9-25-28-20-4-1-2-5-21(20)29-25)32-11-3-6-22(32)27(34)31-14-12-30(13-15-31)17-19-7-8-23-24(16-19)36-18-35-23/h1-2,4-5,7-8,16,22H,3,6,9-15,17-18H2,(H,28,29)/t22-/m0/s1. The zero-order valence-corrected chi connectivity index (χ0v) is 20.3. The number of benzene rings is 2. The first-order valence-electron chi connectivity index (χ1n) is 12.8. The topological polar surface area (TPSA) is 91.0 Å². The van der Waals surface area contributed by atoms with Crippen molar-refractivity contribution in [2.24, 2.45) is 0 Å². The van der Waals surface area contributed by atoms with Crippen LogP contribution in [0, 0.1) is 0 Å². The maximum absolute atomic E-state index is 13.4. The molecule has 36 heavy (non-hydrogen) atoms. The number of imidazole rings is 1. The van der Waals surface area contributed by atoms with Gasteiger partial charge in [0.15, 0.2) is 11.5 Å². The second-order valence-corrected chi connectivity index (χ2v) is 9.73. The molecule has 1 atom stereocenters. The van der Waals surface area contributed by atoms with Crippen molar-refractivity contribution >= 4 is 22.8 Å². The summed E-state index contributed by atoms with van der Waals surface area (Å²) in [6, 6.07) is 13.6. The molecule has 3 aliphatic rings. The molecule has 1 N–H and O–H groups in total. The van der Waals surface area contributed by atoms with Gasteiger partial charge in [-0.15, -0.1) is 0 Å². The number of ether oxygens (including phenoxy) is 2. The monoisotopic (exact) mass is 489 g/mol. The van der Waals surface area contributed by atoms with Gasteiger partial charge < -0.3 is 24.3 Å². The van der Waals surface area contributed by atoms with Crippen molar-refractivity contribution in [3.63, 3.8) is 0 Å². The van der Waals surface area contributed by atoms with Crippen LogP contribution in [-0.2, 0) is 22.6 Å². The Morgan fingerprint density at radius 1 is 1.00 bits per heavy atom. The number of hydrogen-bond donors (Lipinski definition) is 1. The number of nitrogens with zero attached hydrogens (tertiary/aromatic N) is 4. The summed E-state index contributed by atoms with van der Waals surface area (Å²) in [6.07, 6.45) is 2.51. The molecule has 2 fully saturated rings. The third kappa shape index (κ3) is 4.63. The highest BCUT2D eigenvalue weighted by Crippen LogP contribution is 2.33. The number of para-hydroxylation sites is 2. The van der Waals surface area contributed by atoms with Crippen LogP contribution in [0.2, 0.25) is 0 Å². The lowest BCUT2D eigenvalue weighted by molar-refractivity contribution is -0.145. The maximum atomic E-state index is 13.4. The second-order valence-electron chi connectivity index (χ2n) is 9.73. The van der Waals surface area contributed by atoms with Gasteiger partial charge in [-0.05, 0) is 42.7 Å². The maximum Gasteiger partial charge on any atom is 0.245 e. The van der Waals surface area contributed by atoms with Gasteiger partial charge in [-0.2, -0.15) is 0 Å². The summed E-state index contributed by atoms with van der Waals surface area (Å²) in [5, 5.41) is 0. The first kappa shape index (κ1) is 22.8. The van der Waals surface area contributed by atoms with Crippen LogP contribution in [0.5, 0.6) is 11.5 Å². The SMILES string of the molecule is O=C([C@@H]1CCCN1C(=O)CCc1nc2ccccc2[nH]1)N1CCN(Cc2ccc3c(c2)OCO3)CC1. The van der Waals surface area contributed by atoms with E-state index < -0.39 is 0 Å². The van der Waals surface area contributed by atoms with Gasteiger partial charge in [0, 0.05) is 52.1 Å². The number of aromatic amines is 1. The first-order chi connectivity index (χ1) is 17.6. The van der Waals surface area contributed by atoms with E-state index in [1.807, 2.05) is 41.3 Å². The fourth-order valence-corrected chi connectivity index (χ4v) is 5.45. The van der Waals surface area contributed by atoms with Crippen LogP contribution < -0.4 is 9.47 Å². The van der Waals surface area contributed by atoms with Crippen molar-refractivity contribution in [2.75, 3.05) is 39.5 Å². The van der Waals surface area contributed by atoms with E-state index in [1.54, 1.807) is 4.90 Å². The van der Waals surface area contributed by atoms with Crippen LogP contribution in [-0.4, -0.2) is 82.0 Å². The van der Waals surface area contributed by atoms with Gasteiger partial charge in [-0.1, -0.05) is 18.2 Å². The van der Waals surface area contributed by atoms with Crippen molar-refractivity contribution < 1.29 is 19.1 Å². The molecule has 1 aromatic heterocycles. The minimum Gasteiger partial charge on any atom is -0.454 e. The molecule has 0 spiro atoms. The lowest BCUT2D eigenvalue weighted by atomic mass is 10.1. The molecule has 4 heterocycles. The summed E-state index contributed by atoms with van der Waals surface area (Å²) in [5.74, 6) is 2.53. The van der Waals surface area contributed by atoms with E-state index in [1.165, 1.54) is 5.56 Å². The normalized spacial score (nSPS) is 19.8. The highest BCUT2D eigenvalue weighted by Gasteiger charge is 2.37. The number of fused-ring (bicyclic) bond motifs is 2. The van der Waals surface area contributed by atoms with Gasteiger partial charge >= 0.3 is 0 Å². The van der Waals surface area contributed by atoms with Gasteiger partial charge in [0.1, 0.15) is 11.9 Å². The van der Waals surface area contributed by atoms with Crippen molar-refractivity contribution in [2.45, 2.75) is 38.3 Å². The minimum absolute atomic E-state index is 0.0350. The molecule has 2 saturated heterocycles. The molecule has 3 aliphatic heterocycles. The molecule has 0 saturated carbocycles. The predicted octanol–water partition coefficient (Wildman–Crippen LogP) is 2.56. The Labute approximate surface area is 210 Å². The number of aryl methyl sites for hydroxylation is 1. The molecule has 0 unspecified atom stereocenters. The summed E-state index contributed by atoms with van der Waals surface area (Å²) in [4.78, 5) is 40.4. The van der Waals surface area contributed by atoms with Crippen molar-refractivity contribution in [3.8, 4) is 11.5 Å². The van der Waals surface area contributed by atoms with Crippen molar-refractivity contribution in [1.82, 2.24) is 24.7 Å². The zero-order valence-electron chi connectivity index (χ0n) is 20.3. The molecule has 0 aliphatic carbocycles. The lowest BCUT2D eigenvalue weighted by Crippen LogP contribution is -2.54. The fraction of sp³-hybridized carbons (Fsp3) is 0.444. The third-order valence-corrected chi connectivity index (χ3v) is 7.40. The molecule has 2 aromatic carbocycles. The number of rotatable bonds is 6. The van der Waals surface area contributed by atoms with Crippen molar-refractivity contribution in [3.05, 3.63) is 53.9 Å². The zero-order chi connectivity index (χ0) is 24.5. The molecule has 0 radical (unpaired) electrons. The summed E-state index contributed by atoms with van der Waals surface area (Å²) >= 11 is 0. The van der Waals surface area contributed by atoms with Gasteiger partial charge in [0.05, 0.1) is 11.0 Å². The Morgan fingerprint density at radius 2 is 1.83 bits per heavy atom. The van der Waals surface area contributed by atoms with E-state index >= 15 is 0 Å². The van der Waals surface area contributed by atoms with Gasteiger partial charge in [-0.3, -0.25) is 14.5 Å². The van der Waals surface area contributed by atoms with Gasteiger partial charge in [-0.25, -0.2) is 4.98 Å². The molecule has 3 aromatic rings. The second kappa shape index (κ2) is 9.81. The highest BCUT2D eigenvalue weighted by atomic mass is 16.7. The number of piperazine rings is 1. The van der Waals surface area contributed by atoms with Gasteiger partial charge in [0.2, 0.25) is 18.6 Å². The number of amides is 2. The number of carbonyl (C=O) groups excluding carboxylic acids is 2. The molecule has 9 heteroatoms. The lowest BCUT2D eigenvalue weighted by Gasteiger charge is -2.37. The molecular formula is C27H31N5O4. The van der Waals surface area contributed by atoms with E-state index in [9.17, 15) is 9.59 Å². The van der Waals surface area contributed by atoms with E-state index in [-0.39, 0.29) is 24.6 Å². The average Bonchev–Trinajstić information content (AvgIpc) is 3.66. The molecule has 0 bridgehead atoms.